The number of benzene rings is 1. The smallest absolute Gasteiger partial charge is 0.326 e. The van der Waals surface area contributed by atoms with Crippen molar-refractivity contribution >= 4 is 30.1 Å². The number of nitrogens with zero attached hydrogens (tertiary/aromatic N) is 1. The van der Waals surface area contributed by atoms with Crippen LogP contribution < -0.4 is 16.4 Å². The van der Waals surface area contributed by atoms with Gasteiger partial charge in [-0.25, -0.2) is 4.79 Å². The molecule has 0 saturated heterocycles. The van der Waals surface area contributed by atoms with Crippen LogP contribution in [0.4, 0.5) is 10.5 Å². The van der Waals surface area contributed by atoms with Gasteiger partial charge in [0.1, 0.15) is 0 Å². The van der Waals surface area contributed by atoms with E-state index in [1.54, 1.807) is 0 Å². The summed E-state index contributed by atoms with van der Waals surface area (Å²) in [5, 5.41) is 5.27. The molecule has 0 aliphatic rings. The highest BCUT2D eigenvalue weighted by Gasteiger charge is 2.07. The lowest BCUT2D eigenvalue weighted by Gasteiger charge is -2.11. The molecule has 0 saturated carbocycles. The SMILES string of the molecule is CCCN=C(N)NC(=O)Nc1c(C)cccc1C.Cl. The van der Waals surface area contributed by atoms with Crippen molar-refractivity contribution < 1.29 is 4.79 Å². The summed E-state index contributed by atoms with van der Waals surface area (Å²) in [4.78, 5) is 15.7. The lowest BCUT2D eigenvalue weighted by atomic mass is 10.1. The third kappa shape index (κ3) is 5.61. The molecule has 0 aliphatic carbocycles. The zero-order valence-corrected chi connectivity index (χ0v) is 12.3. The van der Waals surface area contributed by atoms with Gasteiger partial charge in [0.25, 0.3) is 0 Å². The van der Waals surface area contributed by atoms with Crippen molar-refractivity contribution in [2.75, 3.05) is 11.9 Å². The molecule has 1 rings (SSSR count). The number of hydrogen-bond acceptors (Lipinski definition) is 2. The van der Waals surface area contributed by atoms with E-state index in [1.807, 2.05) is 39.0 Å². The number of aryl methyl sites for hydroxylation is 2. The third-order valence-electron chi connectivity index (χ3n) is 2.47. The molecule has 19 heavy (non-hydrogen) atoms. The number of nitrogens with two attached hydrogens (primary N) is 1. The Balaban J connectivity index is 0.00000324. The maximum atomic E-state index is 11.7. The standard InChI is InChI=1S/C13H20N4O.ClH/c1-4-8-15-12(14)17-13(18)16-11-9(2)6-5-7-10(11)3;/h5-7H,4,8H2,1-3H3,(H4,14,15,16,17,18);1H. The molecule has 0 unspecified atom stereocenters. The average molecular weight is 285 g/mol. The molecule has 1 aromatic carbocycles. The number of carbonyl (C=O) groups is 1. The molecule has 0 bridgehead atoms. The van der Waals surface area contributed by atoms with Gasteiger partial charge in [0, 0.05) is 12.2 Å². The second-order valence-electron chi connectivity index (χ2n) is 4.11. The molecule has 5 nitrogen and oxygen atoms in total. The van der Waals surface area contributed by atoms with E-state index >= 15 is 0 Å². The summed E-state index contributed by atoms with van der Waals surface area (Å²) in [5.41, 5.74) is 8.39. The molecule has 0 heterocycles. The minimum atomic E-state index is -0.371. The van der Waals surface area contributed by atoms with Crippen LogP contribution in [0.2, 0.25) is 0 Å². The topological polar surface area (TPSA) is 79.5 Å². The van der Waals surface area contributed by atoms with Gasteiger partial charge < -0.3 is 11.1 Å². The predicted molar refractivity (Wildman–Crippen MR) is 82.1 cm³/mol. The summed E-state index contributed by atoms with van der Waals surface area (Å²) in [6.45, 7) is 6.48. The maximum Gasteiger partial charge on any atom is 0.326 e. The van der Waals surface area contributed by atoms with Crippen molar-refractivity contribution in [3.63, 3.8) is 0 Å². The molecule has 4 N–H and O–H groups in total. The highest BCUT2D eigenvalue weighted by Crippen LogP contribution is 2.18. The summed E-state index contributed by atoms with van der Waals surface area (Å²) in [7, 11) is 0. The fourth-order valence-electron chi connectivity index (χ4n) is 1.54. The Morgan fingerprint density at radius 1 is 1.32 bits per heavy atom. The Kier molecular flexibility index (Phi) is 7.60. The first-order chi connectivity index (χ1) is 8.54. The van der Waals surface area contributed by atoms with E-state index in [1.165, 1.54) is 0 Å². The fraction of sp³-hybridized carbons (Fsp3) is 0.385. The molecule has 0 radical (unpaired) electrons. The van der Waals surface area contributed by atoms with Gasteiger partial charge in [0.15, 0.2) is 5.96 Å². The van der Waals surface area contributed by atoms with E-state index in [9.17, 15) is 4.79 Å². The molecule has 0 aromatic heterocycles. The van der Waals surface area contributed by atoms with Crippen LogP contribution in [-0.2, 0) is 0 Å². The number of carbonyl (C=O) groups excluding carboxylic acids is 1. The van der Waals surface area contributed by atoms with Gasteiger partial charge in [-0.1, -0.05) is 25.1 Å². The van der Waals surface area contributed by atoms with Gasteiger partial charge in [0.2, 0.25) is 0 Å². The largest absolute Gasteiger partial charge is 0.370 e. The van der Waals surface area contributed by atoms with Crippen LogP contribution in [0.25, 0.3) is 0 Å². The van der Waals surface area contributed by atoms with E-state index in [-0.39, 0.29) is 24.4 Å². The molecule has 0 atom stereocenters. The third-order valence-corrected chi connectivity index (χ3v) is 2.47. The molecule has 2 amide bonds. The van der Waals surface area contributed by atoms with Gasteiger partial charge >= 0.3 is 6.03 Å². The van der Waals surface area contributed by atoms with Crippen LogP contribution in [0, 0.1) is 13.8 Å². The van der Waals surface area contributed by atoms with E-state index in [2.05, 4.69) is 15.6 Å². The van der Waals surface area contributed by atoms with Crippen LogP contribution in [-0.4, -0.2) is 18.5 Å². The molecular weight excluding hydrogens is 264 g/mol. The van der Waals surface area contributed by atoms with Crippen LogP contribution in [0.1, 0.15) is 24.5 Å². The van der Waals surface area contributed by atoms with Gasteiger partial charge in [-0.2, -0.15) is 0 Å². The molecule has 6 heteroatoms. The van der Waals surface area contributed by atoms with Crippen LogP contribution >= 0.6 is 12.4 Å². The summed E-state index contributed by atoms with van der Waals surface area (Å²) in [5.74, 6) is 0.139. The van der Waals surface area contributed by atoms with E-state index < -0.39 is 0 Å². The zero-order chi connectivity index (χ0) is 13.5. The van der Waals surface area contributed by atoms with Crippen molar-refractivity contribution in [3.05, 3.63) is 29.3 Å². The first-order valence-corrected chi connectivity index (χ1v) is 5.98. The minimum absolute atomic E-state index is 0. The molecular formula is C13H21ClN4O. The number of aliphatic imine (C=N–C) groups is 1. The van der Waals surface area contributed by atoms with Gasteiger partial charge in [-0.15, -0.1) is 12.4 Å². The van der Waals surface area contributed by atoms with Crippen molar-refractivity contribution in [2.24, 2.45) is 10.7 Å². The number of rotatable bonds is 3. The predicted octanol–water partition coefficient (Wildman–Crippen LogP) is 2.57. The minimum Gasteiger partial charge on any atom is -0.370 e. The number of para-hydroxylation sites is 1. The van der Waals surface area contributed by atoms with Crippen molar-refractivity contribution in [1.29, 1.82) is 0 Å². The average Bonchev–Trinajstić information content (AvgIpc) is 2.31. The lowest BCUT2D eigenvalue weighted by Crippen LogP contribution is -2.40. The Bertz CT molecular complexity index is 440. The molecule has 0 spiro atoms. The normalized spacial score (nSPS) is 10.6. The Morgan fingerprint density at radius 2 is 1.89 bits per heavy atom. The van der Waals surface area contributed by atoms with Gasteiger partial charge in [0.05, 0.1) is 0 Å². The Hall–Kier alpha value is -1.75. The van der Waals surface area contributed by atoms with E-state index in [4.69, 9.17) is 5.73 Å². The molecule has 0 fully saturated rings. The highest BCUT2D eigenvalue weighted by molar-refractivity contribution is 6.02. The fourth-order valence-corrected chi connectivity index (χ4v) is 1.54. The summed E-state index contributed by atoms with van der Waals surface area (Å²) < 4.78 is 0. The second kappa shape index (κ2) is 8.37. The number of guanidine groups is 1. The lowest BCUT2D eigenvalue weighted by molar-refractivity contribution is 0.256. The van der Waals surface area contributed by atoms with Crippen LogP contribution in [0.15, 0.2) is 23.2 Å². The highest BCUT2D eigenvalue weighted by atomic mass is 35.5. The summed E-state index contributed by atoms with van der Waals surface area (Å²) >= 11 is 0. The van der Waals surface area contributed by atoms with Crippen molar-refractivity contribution in [3.8, 4) is 0 Å². The van der Waals surface area contributed by atoms with E-state index in [0.717, 1.165) is 23.2 Å². The van der Waals surface area contributed by atoms with Crippen molar-refractivity contribution in [2.45, 2.75) is 27.2 Å². The number of amides is 2. The maximum absolute atomic E-state index is 11.7. The number of nitrogens with one attached hydrogen (secondary N) is 2. The second-order valence-corrected chi connectivity index (χ2v) is 4.11. The number of hydrogen-bond donors (Lipinski definition) is 3. The summed E-state index contributed by atoms with van der Waals surface area (Å²) in [6.07, 6.45) is 0.890. The summed E-state index contributed by atoms with van der Waals surface area (Å²) in [6, 6.07) is 5.46. The quantitative estimate of drug-likeness (QED) is 0.589. The first kappa shape index (κ1) is 17.2. The van der Waals surface area contributed by atoms with Gasteiger partial charge in [-0.3, -0.25) is 10.3 Å². The first-order valence-electron chi connectivity index (χ1n) is 5.98. The van der Waals surface area contributed by atoms with Crippen LogP contribution in [0.5, 0.6) is 0 Å². The molecule has 106 valence electrons. The number of anilines is 1. The van der Waals surface area contributed by atoms with Gasteiger partial charge in [-0.05, 0) is 31.4 Å². The molecule has 0 aliphatic heterocycles. The Morgan fingerprint density at radius 3 is 2.42 bits per heavy atom. The zero-order valence-electron chi connectivity index (χ0n) is 11.5. The Labute approximate surface area is 120 Å². The van der Waals surface area contributed by atoms with E-state index in [0.29, 0.717) is 6.54 Å². The number of urea groups is 1. The molecule has 1 aromatic rings. The monoisotopic (exact) mass is 284 g/mol. The number of halogens is 1. The van der Waals surface area contributed by atoms with Crippen molar-refractivity contribution in [1.82, 2.24) is 5.32 Å². The van der Waals surface area contributed by atoms with Crippen LogP contribution in [0.3, 0.4) is 0 Å².